The highest BCUT2D eigenvalue weighted by molar-refractivity contribution is 5.72. The van der Waals surface area contributed by atoms with Gasteiger partial charge in [-0.3, -0.25) is 4.79 Å². The van der Waals surface area contributed by atoms with E-state index in [1.165, 1.54) is 12.1 Å². The Kier molecular flexibility index (Phi) is 4.77. The standard InChI is InChI=1S/C15H19FO3/c1-11(19-15(17)12-5-2-3-6-12)10-18-14-8-4-7-13(16)9-14/h4,7-9,11-12H,2-3,5-6,10H2,1H3. The van der Waals surface area contributed by atoms with E-state index in [0.29, 0.717) is 5.75 Å². The highest BCUT2D eigenvalue weighted by atomic mass is 19.1. The monoisotopic (exact) mass is 266 g/mol. The van der Waals surface area contributed by atoms with Crippen molar-refractivity contribution in [1.82, 2.24) is 0 Å². The van der Waals surface area contributed by atoms with Gasteiger partial charge in [-0.1, -0.05) is 18.9 Å². The summed E-state index contributed by atoms with van der Waals surface area (Å²) in [5.41, 5.74) is 0. The molecule has 3 nitrogen and oxygen atoms in total. The van der Waals surface area contributed by atoms with Crippen molar-refractivity contribution in [2.75, 3.05) is 6.61 Å². The molecule has 104 valence electrons. The molecule has 1 unspecified atom stereocenters. The second-order valence-corrected chi connectivity index (χ2v) is 5.00. The molecule has 0 aliphatic heterocycles. The minimum Gasteiger partial charge on any atom is -0.490 e. The molecule has 4 heteroatoms. The number of carbonyl (C=O) groups excluding carboxylic acids is 1. The number of benzene rings is 1. The minimum atomic E-state index is -0.340. The number of esters is 1. The summed E-state index contributed by atoms with van der Waals surface area (Å²) in [5.74, 6) is 0.0290. The van der Waals surface area contributed by atoms with Gasteiger partial charge in [-0.25, -0.2) is 4.39 Å². The Bertz CT molecular complexity index is 427. The van der Waals surface area contributed by atoms with Crippen molar-refractivity contribution in [3.63, 3.8) is 0 Å². The van der Waals surface area contributed by atoms with Crippen LogP contribution < -0.4 is 4.74 Å². The summed E-state index contributed by atoms with van der Waals surface area (Å²) in [6.07, 6.45) is 3.74. The van der Waals surface area contributed by atoms with Crippen molar-refractivity contribution >= 4 is 5.97 Å². The molecule has 0 saturated heterocycles. The lowest BCUT2D eigenvalue weighted by Gasteiger charge is -2.16. The third kappa shape index (κ3) is 4.23. The zero-order chi connectivity index (χ0) is 13.7. The van der Waals surface area contributed by atoms with Gasteiger partial charge in [0.1, 0.15) is 24.3 Å². The third-order valence-electron chi connectivity index (χ3n) is 3.29. The smallest absolute Gasteiger partial charge is 0.309 e. The molecule has 0 spiro atoms. The molecule has 19 heavy (non-hydrogen) atoms. The maximum Gasteiger partial charge on any atom is 0.309 e. The van der Waals surface area contributed by atoms with Gasteiger partial charge in [0.2, 0.25) is 0 Å². The van der Waals surface area contributed by atoms with E-state index < -0.39 is 0 Å². The Morgan fingerprint density at radius 1 is 1.42 bits per heavy atom. The SMILES string of the molecule is CC(COc1cccc(F)c1)OC(=O)C1CCCC1. The summed E-state index contributed by atoms with van der Waals surface area (Å²) in [6.45, 7) is 2.02. The van der Waals surface area contributed by atoms with Gasteiger partial charge in [-0.15, -0.1) is 0 Å². The zero-order valence-corrected chi connectivity index (χ0v) is 11.1. The number of hydrogen-bond donors (Lipinski definition) is 0. The summed E-state index contributed by atoms with van der Waals surface area (Å²) >= 11 is 0. The van der Waals surface area contributed by atoms with Crippen LogP contribution >= 0.6 is 0 Å². The quantitative estimate of drug-likeness (QED) is 0.767. The molecule has 0 bridgehead atoms. The topological polar surface area (TPSA) is 35.5 Å². The molecule has 0 N–H and O–H groups in total. The summed E-state index contributed by atoms with van der Waals surface area (Å²) in [7, 11) is 0. The summed E-state index contributed by atoms with van der Waals surface area (Å²) in [6, 6.07) is 5.93. The van der Waals surface area contributed by atoms with Crippen LogP contribution in [-0.4, -0.2) is 18.7 Å². The lowest BCUT2D eigenvalue weighted by molar-refractivity contribution is -0.154. The molecular formula is C15H19FO3. The van der Waals surface area contributed by atoms with E-state index in [4.69, 9.17) is 9.47 Å². The molecule has 1 aromatic rings. The molecule has 1 fully saturated rings. The molecule has 0 radical (unpaired) electrons. The fourth-order valence-corrected chi connectivity index (χ4v) is 2.26. The van der Waals surface area contributed by atoms with E-state index in [1.807, 2.05) is 0 Å². The first-order chi connectivity index (χ1) is 9.15. The van der Waals surface area contributed by atoms with Crippen molar-refractivity contribution in [3.8, 4) is 5.75 Å². The first kappa shape index (κ1) is 13.8. The molecule has 2 rings (SSSR count). The molecule has 1 aliphatic carbocycles. The van der Waals surface area contributed by atoms with Crippen molar-refractivity contribution in [2.45, 2.75) is 38.7 Å². The van der Waals surface area contributed by atoms with E-state index >= 15 is 0 Å². The first-order valence-corrected chi connectivity index (χ1v) is 6.74. The summed E-state index contributed by atoms with van der Waals surface area (Å²) in [5, 5.41) is 0. The van der Waals surface area contributed by atoms with Crippen LogP contribution in [0.15, 0.2) is 24.3 Å². The fourth-order valence-electron chi connectivity index (χ4n) is 2.26. The van der Waals surface area contributed by atoms with E-state index in [2.05, 4.69) is 0 Å². The number of rotatable bonds is 5. The highest BCUT2D eigenvalue weighted by Crippen LogP contribution is 2.26. The maximum absolute atomic E-state index is 12.9. The van der Waals surface area contributed by atoms with Crippen LogP contribution in [0.3, 0.4) is 0 Å². The molecule has 1 atom stereocenters. The molecule has 1 aliphatic rings. The lowest BCUT2D eigenvalue weighted by atomic mass is 10.1. The van der Waals surface area contributed by atoms with Gasteiger partial charge >= 0.3 is 5.97 Å². The third-order valence-corrected chi connectivity index (χ3v) is 3.29. The van der Waals surface area contributed by atoms with Crippen LogP contribution in [0.1, 0.15) is 32.6 Å². The normalized spacial score (nSPS) is 17.2. The Hall–Kier alpha value is -1.58. The van der Waals surface area contributed by atoms with Crippen molar-refractivity contribution in [3.05, 3.63) is 30.1 Å². The van der Waals surface area contributed by atoms with Crippen LogP contribution in [-0.2, 0) is 9.53 Å². The van der Waals surface area contributed by atoms with E-state index in [1.54, 1.807) is 19.1 Å². The molecule has 1 aromatic carbocycles. The van der Waals surface area contributed by atoms with Crippen molar-refractivity contribution in [2.24, 2.45) is 5.92 Å². The van der Waals surface area contributed by atoms with E-state index in [-0.39, 0.29) is 30.4 Å². The van der Waals surface area contributed by atoms with Crippen molar-refractivity contribution < 1.29 is 18.7 Å². The second kappa shape index (κ2) is 6.55. The summed E-state index contributed by atoms with van der Waals surface area (Å²) in [4.78, 5) is 11.8. The van der Waals surface area contributed by atoms with Crippen molar-refractivity contribution in [1.29, 1.82) is 0 Å². The fraction of sp³-hybridized carbons (Fsp3) is 0.533. The van der Waals surface area contributed by atoms with Crippen LogP contribution in [0.4, 0.5) is 4.39 Å². The van der Waals surface area contributed by atoms with Gasteiger partial charge in [0.25, 0.3) is 0 Å². The second-order valence-electron chi connectivity index (χ2n) is 5.00. The summed E-state index contributed by atoms with van der Waals surface area (Å²) < 4.78 is 23.7. The van der Waals surface area contributed by atoms with Gasteiger partial charge in [0.05, 0.1) is 5.92 Å². The van der Waals surface area contributed by atoms with Gasteiger partial charge in [-0.05, 0) is 31.9 Å². The molecular weight excluding hydrogens is 247 g/mol. The Balaban J connectivity index is 1.75. The van der Waals surface area contributed by atoms with Crippen LogP contribution in [0.25, 0.3) is 0 Å². The predicted octanol–water partition coefficient (Wildman–Crippen LogP) is 3.33. The van der Waals surface area contributed by atoms with Gasteiger partial charge in [0.15, 0.2) is 0 Å². The van der Waals surface area contributed by atoms with Gasteiger partial charge < -0.3 is 9.47 Å². The predicted molar refractivity (Wildman–Crippen MR) is 69.4 cm³/mol. The number of ether oxygens (including phenoxy) is 2. The average Bonchev–Trinajstić information content (AvgIpc) is 2.90. The molecule has 0 aromatic heterocycles. The average molecular weight is 266 g/mol. The molecule has 1 saturated carbocycles. The largest absolute Gasteiger partial charge is 0.490 e. The number of carbonyl (C=O) groups is 1. The Morgan fingerprint density at radius 2 is 2.16 bits per heavy atom. The maximum atomic E-state index is 12.9. The van der Waals surface area contributed by atoms with Crippen LogP contribution in [0, 0.1) is 11.7 Å². The minimum absolute atomic E-state index is 0.0524. The van der Waals surface area contributed by atoms with E-state index in [0.717, 1.165) is 25.7 Å². The van der Waals surface area contributed by atoms with Gasteiger partial charge in [0, 0.05) is 6.07 Å². The zero-order valence-electron chi connectivity index (χ0n) is 11.1. The Labute approximate surface area is 112 Å². The van der Waals surface area contributed by atoms with Crippen LogP contribution in [0.2, 0.25) is 0 Å². The van der Waals surface area contributed by atoms with Gasteiger partial charge in [-0.2, -0.15) is 0 Å². The van der Waals surface area contributed by atoms with E-state index in [9.17, 15) is 9.18 Å². The molecule has 0 amide bonds. The molecule has 0 heterocycles. The first-order valence-electron chi connectivity index (χ1n) is 6.74. The highest BCUT2D eigenvalue weighted by Gasteiger charge is 2.25. The number of halogens is 1. The number of hydrogen-bond acceptors (Lipinski definition) is 3. The van der Waals surface area contributed by atoms with Crippen LogP contribution in [0.5, 0.6) is 5.75 Å². The lowest BCUT2D eigenvalue weighted by Crippen LogP contribution is -2.25. The Morgan fingerprint density at radius 3 is 2.84 bits per heavy atom.